The number of amides is 1. The molecular formula is C20H19F3N4O3. The van der Waals surface area contributed by atoms with Gasteiger partial charge in [-0.3, -0.25) is 4.79 Å². The number of aromatic hydroxyl groups is 2. The number of rotatable bonds is 2. The monoisotopic (exact) mass is 420 g/mol. The Kier molecular flexibility index (Phi) is 4.59. The number of pyridine rings is 1. The van der Waals surface area contributed by atoms with Gasteiger partial charge in [-0.15, -0.1) is 5.10 Å². The fraction of sp³-hybridized carbons (Fsp3) is 0.350. The van der Waals surface area contributed by atoms with Gasteiger partial charge in [-0.05, 0) is 43.2 Å². The number of nitrogens with zero attached hydrogens (tertiary/aromatic N) is 4. The molecule has 1 fully saturated rings. The number of carbonyl (C=O) groups excluding carboxylic acids is 1. The average Bonchev–Trinajstić information content (AvgIpc) is 2.99. The number of hydrogen-bond acceptors (Lipinski definition) is 5. The Bertz CT molecular complexity index is 1130. The number of carbonyl (C=O) groups is 1. The van der Waals surface area contributed by atoms with E-state index in [0.29, 0.717) is 30.8 Å². The first kappa shape index (κ1) is 20.0. The molecule has 1 atom stereocenters. The van der Waals surface area contributed by atoms with Gasteiger partial charge in [-0.25, -0.2) is 9.67 Å². The Morgan fingerprint density at radius 1 is 1.20 bits per heavy atom. The molecule has 0 aliphatic carbocycles. The molecule has 7 nitrogen and oxygen atoms in total. The normalized spacial score (nSPS) is 17.7. The molecule has 3 aromatic rings. The molecule has 4 rings (SSSR count). The Morgan fingerprint density at radius 2 is 1.93 bits per heavy atom. The second-order valence-corrected chi connectivity index (χ2v) is 7.49. The van der Waals surface area contributed by atoms with Crippen LogP contribution >= 0.6 is 0 Å². The van der Waals surface area contributed by atoms with Crippen LogP contribution in [0.4, 0.5) is 13.2 Å². The maximum absolute atomic E-state index is 13.0. The number of aryl methyl sites for hydroxylation is 1. The smallest absolute Gasteiger partial charge is 0.416 e. The number of hydrogen-bond donors (Lipinski definition) is 2. The lowest BCUT2D eigenvalue weighted by Gasteiger charge is -2.29. The zero-order chi connectivity index (χ0) is 21.8. The quantitative estimate of drug-likeness (QED) is 0.661. The molecule has 30 heavy (non-hydrogen) atoms. The number of alkyl halides is 3. The van der Waals surface area contributed by atoms with Gasteiger partial charge in [0.1, 0.15) is 5.75 Å². The summed E-state index contributed by atoms with van der Waals surface area (Å²) in [7, 11) is 1.68. The highest BCUT2D eigenvalue weighted by Crippen LogP contribution is 2.39. The number of likely N-dealkylation sites (tertiary alicyclic amines) is 1. The van der Waals surface area contributed by atoms with Crippen LogP contribution < -0.4 is 0 Å². The molecule has 2 aromatic heterocycles. The van der Waals surface area contributed by atoms with Gasteiger partial charge in [-0.1, -0.05) is 0 Å². The van der Waals surface area contributed by atoms with Crippen LogP contribution in [0.2, 0.25) is 0 Å². The molecule has 1 amide bonds. The van der Waals surface area contributed by atoms with E-state index in [1.165, 1.54) is 17.7 Å². The second-order valence-electron chi connectivity index (χ2n) is 7.49. The molecule has 1 aliphatic heterocycles. The van der Waals surface area contributed by atoms with Crippen LogP contribution in [0.1, 0.15) is 30.0 Å². The van der Waals surface area contributed by atoms with Crippen LogP contribution in [0, 0.1) is 6.92 Å². The van der Waals surface area contributed by atoms with Crippen molar-refractivity contribution in [3.63, 3.8) is 0 Å². The molecule has 2 N–H and O–H groups in total. The number of likely N-dealkylation sites (N-methyl/N-ethyl adjacent to an activating group) is 1. The van der Waals surface area contributed by atoms with Crippen molar-refractivity contribution in [3.8, 4) is 22.9 Å². The van der Waals surface area contributed by atoms with Crippen LogP contribution in [0.25, 0.3) is 22.3 Å². The maximum Gasteiger partial charge on any atom is 0.416 e. The molecule has 0 bridgehead atoms. The van der Waals surface area contributed by atoms with E-state index < -0.39 is 17.5 Å². The van der Waals surface area contributed by atoms with Crippen molar-refractivity contribution in [2.75, 3.05) is 13.6 Å². The predicted molar refractivity (Wildman–Crippen MR) is 102 cm³/mol. The lowest BCUT2D eigenvalue weighted by atomic mass is 10.00. The summed E-state index contributed by atoms with van der Waals surface area (Å²) in [6, 6.07) is 4.47. The van der Waals surface area contributed by atoms with Gasteiger partial charge in [0.15, 0.2) is 5.65 Å². The van der Waals surface area contributed by atoms with Gasteiger partial charge in [0.2, 0.25) is 11.8 Å². The van der Waals surface area contributed by atoms with Gasteiger partial charge in [0.05, 0.1) is 22.7 Å². The SMILES string of the molecule is Cc1cc(C(F)(F)F)cc(O)c1-c1ccc2c(O)n([C@@H]3CCC(=O)N(C)C3)nc2n1. The summed E-state index contributed by atoms with van der Waals surface area (Å²) in [5, 5.41) is 25.5. The summed E-state index contributed by atoms with van der Waals surface area (Å²) in [6.45, 7) is 1.85. The molecule has 1 aromatic carbocycles. The summed E-state index contributed by atoms with van der Waals surface area (Å²) in [5.41, 5.74) is -0.123. The standard InChI is InChI=1S/C20H19F3N4O3/c1-10-7-11(20(21,22)23)8-15(28)17(10)14-5-4-13-18(24-14)25-27(19(13)30)12-3-6-16(29)26(2)9-12/h4-5,7-8,12,28,30H,3,6,9H2,1-2H3/t12-/m1/s1. The van der Waals surface area contributed by atoms with E-state index >= 15 is 0 Å². The number of halogens is 3. The van der Waals surface area contributed by atoms with E-state index in [9.17, 15) is 28.2 Å². The number of fused-ring (bicyclic) bond motifs is 1. The minimum atomic E-state index is -4.57. The van der Waals surface area contributed by atoms with E-state index in [1.54, 1.807) is 18.0 Å². The minimum absolute atomic E-state index is 0.0242. The van der Waals surface area contributed by atoms with Crippen LogP contribution in [-0.4, -0.2) is 49.4 Å². The van der Waals surface area contributed by atoms with Gasteiger partial charge < -0.3 is 15.1 Å². The van der Waals surface area contributed by atoms with Crippen molar-refractivity contribution in [1.29, 1.82) is 0 Å². The van der Waals surface area contributed by atoms with Crippen LogP contribution in [0.5, 0.6) is 11.6 Å². The fourth-order valence-corrected chi connectivity index (χ4v) is 3.82. The van der Waals surface area contributed by atoms with Crippen molar-refractivity contribution in [3.05, 3.63) is 35.4 Å². The number of phenolic OH excluding ortho intramolecular Hbond substituents is 1. The van der Waals surface area contributed by atoms with E-state index in [1.807, 2.05) is 0 Å². The molecular weight excluding hydrogens is 401 g/mol. The number of phenols is 1. The summed E-state index contributed by atoms with van der Waals surface area (Å²) >= 11 is 0. The Hall–Kier alpha value is -3.30. The molecule has 0 spiro atoms. The zero-order valence-electron chi connectivity index (χ0n) is 16.2. The first-order valence-corrected chi connectivity index (χ1v) is 9.29. The van der Waals surface area contributed by atoms with Crippen molar-refractivity contribution in [2.45, 2.75) is 32.0 Å². The Morgan fingerprint density at radius 3 is 2.57 bits per heavy atom. The Labute approximate surface area is 169 Å². The molecule has 3 heterocycles. The van der Waals surface area contributed by atoms with Crippen molar-refractivity contribution >= 4 is 16.9 Å². The summed E-state index contributed by atoms with van der Waals surface area (Å²) in [6.07, 6.45) is -3.71. The molecule has 158 valence electrons. The lowest BCUT2D eigenvalue weighted by Crippen LogP contribution is -2.38. The molecule has 10 heteroatoms. The van der Waals surface area contributed by atoms with Gasteiger partial charge >= 0.3 is 6.18 Å². The fourth-order valence-electron chi connectivity index (χ4n) is 3.82. The van der Waals surface area contributed by atoms with E-state index in [0.717, 1.165) is 6.07 Å². The third-order valence-electron chi connectivity index (χ3n) is 5.38. The van der Waals surface area contributed by atoms with Gasteiger partial charge in [0.25, 0.3) is 0 Å². The highest BCUT2D eigenvalue weighted by Gasteiger charge is 2.32. The third kappa shape index (κ3) is 3.31. The number of piperidine rings is 1. The summed E-state index contributed by atoms with van der Waals surface area (Å²) in [4.78, 5) is 17.6. The van der Waals surface area contributed by atoms with Crippen molar-refractivity contribution in [1.82, 2.24) is 19.7 Å². The number of benzene rings is 1. The second kappa shape index (κ2) is 6.89. The van der Waals surface area contributed by atoms with Crippen LogP contribution in [-0.2, 0) is 11.0 Å². The molecule has 1 aliphatic rings. The first-order chi connectivity index (χ1) is 14.1. The Balaban J connectivity index is 1.76. The van der Waals surface area contributed by atoms with E-state index in [-0.39, 0.29) is 40.3 Å². The maximum atomic E-state index is 13.0. The summed E-state index contributed by atoms with van der Waals surface area (Å²) in [5.74, 6) is -0.605. The lowest BCUT2D eigenvalue weighted by molar-refractivity contribution is -0.137. The molecule has 0 saturated carbocycles. The predicted octanol–water partition coefficient (Wildman–Crippen LogP) is 3.63. The molecule has 0 unspecified atom stereocenters. The minimum Gasteiger partial charge on any atom is -0.507 e. The van der Waals surface area contributed by atoms with E-state index in [4.69, 9.17) is 0 Å². The highest BCUT2D eigenvalue weighted by molar-refractivity contribution is 5.85. The summed E-state index contributed by atoms with van der Waals surface area (Å²) < 4.78 is 40.3. The van der Waals surface area contributed by atoms with Crippen molar-refractivity contribution < 1.29 is 28.2 Å². The van der Waals surface area contributed by atoms with Gasteiger partial charge in [0, 0.05) is 25.6 Å². The highest BCUT2D eigenvalue weighted by atomic mass is 19.4. The number of aromatic nitrogens is 3. The van der Waals surface area contributed by atoms with Gasteiger partial charge in [-0.2, -0.15) is 13.2 Å². The topological polar surface area (TPSA) is 91.5 Å². The van der Waals surface area contributed by atoms with Crippen LogP contribution in [0.15, 0.2) is 24.3 Å². The molecule has 0 radical (unpaired) electrons. The third-order valence-corrected chi connectivity index (χ3v) is 5.38. The largest absolute Gasteiger partial charge is 0.507 e. The zero-order valence-corrected chi connectivity index (χ0v) is 16.2. The van der Waals surface area contributed by atoms with E-state index in [2.05, 4.69) is 10.1 Å². The molecule has 1 saturated heterocycles. The first-order valence-electron chi connectivity index (χ1n) is 9.29. The van der Waals surface area contributed by atoms with Crippen molar-refractivity contribution in [2.24, 2.45) is 0 Å². The van der Waals surface area contributed by atoms with Crippen LogP contribution in [0.3, 0.4) is 0 Å². The average molecular weight is 420 g/mol.